The largest absolute Gasteiger partial charge is 0.478 e. The van der Waals surface area contributed by atoms with E-state index in [0.717, 1.165) is 25.7 Å². The Bertz CT molecular complexity index is 550. The molecular weight excluding hydrogens is 294 g/mol. The molecule has 0 bridgehead atoms. The number of hydrogen-bond donors (Lipinski definition) is 4. The van der Waals surface area contributed by atoms with E-state index in [-0.39, 0.29) is 28.7 Å². The Kier molecular flexibility index (Phi) is 5.03. The van der Waals surface area contributed by atoms with Crippen LogP contribution in [0.15, 0.2) is 18.2 Å². The highest BCUT2D eigenvalue weighted by molar-refractivity contribution is 6.34. The molecule has 0 heterocycles. The highest BCUT2D eigenvalue weighted by Gasteiger charge is 2.23. The van der Waals surface area contributed by atoms with Crippen LogP contribution in [0.3, 0.4) is 0 Å². The molecule has 5 N–H and O–H groups in total. The summed E-state index contributed by atoms with van der Waals surface area (Å²) in [4.78, 5) is 22.8. The number of carbonyl (C=O) groups is 2. The molecule has 2 rings (SSSR count). The van der Waals surface area contributed by atoms with Gasteiger partial charge in [0, 0.05) is 12.1 Å². The number of carbonyl (C=O) groups excluding carboxylic acids is 1. The molecular formula is C14H18ClN3O3. The van der Waals surface area contributed by atoms with Crippen molar-refractivity contribution in [2.45, 2.75) is 37.8 Å². The first-order valence-electron chi connectivity index (χ1n) is 6.83. The van der Waals surface area contributed by atoms with E-state index in [1.807, 2.05) is 0 Å². The fraction of sp³-hybridized carbons (Fsp3) is 0.429. The average Bonchev–Trinajstić information content (AvgIpc) is 2.43. The molecule has 0 spiro atoms. The standard InChI is InChI=1S/C14H18ClN3O3/c15-9-7-8(13(19)20)5-6-11(9)17-14(21)18-12-4-2-1-3-10(12)16/h5-7,10,12H,1-4,16H2,(H,19,20)(H2,17,18,21). The quantitative estimate of drug-likeness (QED) is 0.688. The van der Waals surface area contributed by atoms with Crippen LogP contribution in [-0.2, 0) is 0 Å². The van der Waals surface area contributed by atoms with Gasteiger partial charge in [0.1, 0.15) is 0 Å². The van der Waals surface area contributed by atoms with Crippen molar-refractivity contribution in [2.75, 3.05) is 5.32 Å². The lowest BCUT2D eigenvalue weighted by Crippen LogP contribution is -2.50. The number of urea groups is 1. The van der Waals surface area contributed by atoms with Gasteiger partial charge >= 0.3 is 12.0 Å². The first kappa shape index (κ1) is 15.6. The summed E-state index contributed by atoms with van der Waals surface area (Å²) >= 11 is 5.96. The maximum absolute atomic E-state index is 11.9. The number of aromatic carboxylic acids is 1. The summed E-state index contributed by atoms with van der Waals surface area (Å²) in [6.45, 7) is 0. The van der Waals surface area contributed by atoms with E-state index in [0.29, 0.717) is 5.69 Å². The van der Waals surface area contributed by atoms with Crippen LogP contribution in [0, 0.1) is 0 Å². The Hall–Kier alpha value is -1.79. The molecule has 1 aliphatic carbocycles. The lowest BCUT2D eigenvalue weighted by atomic mass is 9.91. The number of halogens is 1. The minimum Gasteiger partial charge on any atom is -0.478 e. The van der Waals surface area contributed by atoms with Gasteiger partial charge in [-0.1, -0.05) is 24.4 Å². The number of carboxylic acids is 1. The zero-order chi connectivity index (χ0) is 15.4. The maximum atomic E-state index is 11.9. The van der Waals surface area contributed by atoms with Gasteiger partial charge < -0.3 is 21.5 Å². The predicted octanol–water partition coefficient (Wildman–Crippen LogP) is 2.43. The molecule has 2 amide bonds. The van der Waals surface area contributed by atoms with Crippen LogP contribution in [0.5, 0.6) is 0 Å². The summed E-state index contributed by atoms with van der Waals surface area (Å²) in [6.07, 6.45) is 3.90. The number of rotatable bonds is 3. The third-order valence-corrected chi connectivity index (χ3v) is 3.91. The third kappa shape index (κ3) is 4.09. The second-order valence-electron chi connectivity index (χ2n) is 5.15. The molecule has 1 aliphatic rings. The number of hydrogen-bond acceptors (Lipinski definition) is 3. The van der Waals surface area contributed by atoms with Crippen LogP contribution in [0.1, 0.15) is 36.0 Å². The SMILES string of the molecule is NC1CCCCC1NC(=O)Nc1ccc(C(=O)O)cc1Cl. The molecule has 0 aliphatic heterocycles. The Morgan fingerprint density at radius 1 is 1.29 bits per heavy atom. The van der Waals surface area contributed by atoms with Gasteiger partial charge in [0.25, 0.3) is 0 Å². The topological polar surface area (TPSA) is 104 Å². The van der Waals surface area contributed by atoms with Gasteiger partial charge in [-0.05, 0) is 31.0 Å². The maximum Gasteiger partial charge on any atom is 0.335 e. The Morgan fingerprint density at radius 2 is 2.00 bits per heavy atom. The zero-order valence-electron chi connectivity index (χ0n) is 11.4. The number of nitrogens with one attached hydrogen (secondary N) is 2. The Morgan fingerprint density at radius 3 is 2.62 bits per heavy atom. The zero-order valence-corrected chi connectivity index (χ0v) is 12.2. The van der Waals surface area contributed by atoms with E-state index in [2.05, 4.69) is 10.6 Å². The van der Waals surface area contributed by atoms with Crippen LogP contribution in [-0.4, -0.2) is 29.2 Å². The number of benzene rings is 1. The third-order valence-electron chi connectivity index (χ3n) is 3.60. The molecule has 6 nitrogen and oxygen atoms in total. The second kappa shape index (κ2) is 6.78. The number of amides is 2. The van der Waals surface area contributed by atoms with Crippen molar-refractivity contribution in [1.29, 1.82) is 0 Å². The van der Waals surface area contributed by atoms with Crippen molar-refractivity contribution in [2.24, 2.45) is 5.73 Å². The van der Waals surface area contributed by atoms with Crippen LogP contribution in [0.2, 0.25) is 5.02 Å². The van der Waals surface area contributed by atoms with E-state index >= 15 is 0 Å². The van der Waals surface area contributed by atoms with Crippen LogP contribution in [0.4, 0.5) is 10.5 Å². The van der Waals surface area contributed by atoms with E-state index < -0.39 is 5.97 Å². The molecule has 0 radical (unpaired) electrons. The first-order chi connectivity index (χ1) is 9.97. The minimum atomic E-state index is -1.07. The lowest BCUT2D eigenvalue weighted by molar-refractivity contribution is 0.0697. The van der Waals surface area contributed by atoms with Crippen LogP contribution >= 0.6 is 11.6 Å². The highest BCUT2D eigenvalue weighted by atomic mass is 35.5. The fourth-order valence-electron chi connectivity index (χ4n) is 2.42. The molecule has 2 unspecified atom stereocenters. The number of nitrogens with two attached hydrogens (primary N) is 1. The first-order valence-corrected chi connectivity index (χ1v) is 7.21. The van der Waals surface area contributed by atoms with Gasteiger partial charge in [-0.15, -0.1) is 0 Å². The summed E-state index contributed by atoms with van der Waals surface area (Å²) in [5, 5.41) is 14.5. The molecule has 0 aromatic heterocycles. The van der Waals surface area contributed by atoms with Crippen molar-refractivity contribution in [3.05, 3.63) is 28.8 Å². The van der Waals surface area contributed by atoms with Gasteiger partial charge in [0.2, 0.25) is 0 Å². The summed E-state index contributed by atoms with van der Waals surface area (Å²) in [5.74, 6) is -1.07. The summed E-state index contributed by atoms with van der Waals surface area (Å²) in [6, 6.07) is 3.68. The van der Waals surface area contributed by atoms with Crippen molar-refractivity contribution in [1.82, 2.24) is 5.32 Å². The summed E-state index contributed by atoms with van der Waals surface area (Å²) in [5.41, 5.74) is 6.40. The van der Waals surface area contributed by atoms with Gasteiger partial charge in [-0.2, -0.15) is 0 Å². The normalized spacial score (nSPS) is 21.6. The number of carboxylic acid groups (broad SMARTS) is 1. The molecule has 114 valence electrons. The fourth-order valence-corrected chi connectivity index (χ4v) is 2.64. The Labute approximate surface area is 127 Å². The lowest BCUT2D eigenvalue weighted by Gasteiger charge is -2.29. The molecule has 1 aromatic carbocycles. The second-order valence-corrected chi connectivity index (χ2v) is 5.56. The van der Waals surface area contributed by atoms with E-state index in [1.165, 1.54) is 18.2 Å². The van der Waals surface area contributed by atoms with Gasteiger partial charge in [-0.3, -0.25) is 0 Å². The van der Waals surface area contributed by atoms with Crippen molar-refractivity contribution < 1.29 is 14.7 Å². The van der Waals surface area contributed by atoms with E-state index in [4.69, 9.17) is 22.4 Å². The minimum absolute atomic E-state index is 0.0330. The molecule has 2 atom stereocenters. The van der Waals surface area contributed by atoms with E-state index in [9.17, 15) is 9.59 Å². The van der Waals surface area contributed by atoms with Gasteiger partial charge in [-0.25, -0.2) is 9.59 Å². The smallest absolute Gasteiger partial charge is 0.335 e. The molecule has 7 heteroatoms. The molecule has 0 saturated heterocycles. The van der Waals surface area contributed by atoms with E-state index in [1.54, 1.807) is 0 Å². The molecule has 1 aromatic rings. The van der Waals surface area contributed by atoms with Gasteiger partial charge in [0.05, 0.1) is 16.3 Å². The monoisotopic (exact) mass is 311 g/mol. The molecule has 1 fully saturated rings. The highest BCUT2D eigenvalue weighted by Crippen LogP contribution is 2.23. The molecule has 21 heavy (non-hydrogen) atoms. The molecule has 1 saturated carbocycles. The van der Waals surface area contributed by atoms with Crippen molar-refractivity contribution in [3.63, 3.8) is 0 Å². The Balaban J connectivity index is 1.97. The number of anilines is 1. The van der Waals surface area contributed by atoms with Crippen LogP contribution < -0.4 is 16.4 Å². The average molecular weight is 312 g/mol. The van der Waals surface area contributed by atoms with Crippen molar-refractivity contribution >= 4 is 29.3 Å². The summed E-state index contributed by atoms with van der Waals surface area (Å²) in [7, 11) is 0. The van der Waals surface area contributed by atoms with Crippen molar-refractivity contribution in [3.8, 4) is 0 Å². The predicted molar refractivity (Wildman–Crippen MR) is 80.8 cm³/mol. The van der Waals surface area contributed by atoms with Crippen LogP contribution in [0.25, 0.3) is 0 Å². The van der Waals surface area contributed by atoms with Gasteiger partial charge in [0.15, 0.2) is 0 Å². The summed E-state index contributed by atoms with van der Waals surface area (Å²) < 4.78 is 0.